The van der Waals surface area contributed by atoms with Crippen molar-refractivity contribution in [2.45, 2.75) is 58.4 Å². The van der Waals surface area contributed by atoms with Crippen molar-refractivity contribution in [1.82, 2.24) is 14.9 Å². The van der Waals surface area contributed by atoms with Gasteiger partial charge in [0.1, 0.15) is 10.7 Å². The first kappa shape index (κ1) is 16.5. The average Bonchev–Trinajstić information content (AvgIpc) is 3.21. The van der Waals surface area contributed by atoms with E-state index in [1.54, 1.807) is 4.57 Å². The molecule has 132 valence electrons. The Labute approximate surface area is 150 Å². The molecule has 2 aromatic rings. The highest BCUT2D eigenvalue weighted by Gasteiger charge is 2.23. The van der Waals surface area contributed by atoms with Crippen molar-refractivity contribution < 1.29 is 4.79 Å². The third-order valence-electron chi connectivity index (χ3n) is 5.23. The molecule has 0 bridgehead atoms. The van der Waals surface area contributed by atoms with Crippen LogP contribution in [0.4, 0.5) is 0 Å². The Balaban J connectivity index is 1.54. The highest BCUT2D eigenvalue weighted by molar-refractivity contribution is 7.20. The summed E-state index contributed by atoms with van der Waals surface area (Å²) in [5.74, 6) is 0.774. The average molecular weight is 357 g/mol. The van der Waals surface area contributed by atoms with Crippen LogP contribution in [-0.2, 0) is 13.0 Å². The van der Waals surface area contributed by atoms with Crippen LogP contribution in [0.15, 0.2) is 16.4 Å². The molecule has 4 rings (SSSR count). The second kappa shape index (κ2) is 6.75. The number of aryl methyl sites for hydroxylation is 2. The van der Waals surface area contributed by atoms with Gasteiger partial charge in [-0.25, -0.2) is 4.98 Å². The molecule has 0 spiro atoms. The number of hydrogen-bond acceptors (Lipinski definition) is 4. The molecule has 2 aliphatic rings. The van der Waals surface area contributed by atoms with Crippen molar-refractivity contribution in [2.75, 3.05) is 6.54 Å². The zero-order chi connectivity index (χ0) is 17.4. The van der Waals surface area contributed by atoms with Crippen LogP contribution in [0.2, 0.25) is 0 Å². The summed E-state index contributed by atoms with van der Waals surface area (Å²) in [6, 6.07) is 0. The zero-order valence-corrected chi connectivity index (χ0v) is 15.4. The van der Waals surface area contributed by atoms with Gasteiger partial charge in [-0.1, -0.05) is 11.6 Å². The first-order chi connectivity index (χ1) is 12.1. The van der Waals surface area contributed by atoms with Gasteiger partial charge < -0.3 is 5.32 Å². The summed E-state index contributed by atoms with van der Waals surface area (Å²) in [5, 5.41) is 3.64. The molecule has 1 aliphatic heterocycles. The predicted molar refractivity (Wildman–Crippen MR) is 100 cm³/mol. The van der Waals surface area contributed by atoms with Gasteiger partial charge in [-0.15, -0.1) is 11.3 Å². The number of carbonyl (C=O) groups excluding carboxylic acids is 1. The summed E-state index contributed by atoms with van der Waals surface area (Å²) in [6.45, 7) is 3.26. The smallest absolute Gasteiger partial charge is 0.262 e. The van der Waals surface area contributed by atoms with E-state index in [9.17, 15) is 9.59 Å². The summed E-state index contributed by atoms with van der Waals surface area (Å²) in [7, 11) is 0. The highest BCUT2D eigenvalue weighted by Crippen LogP contribution is 2.28. The van der Waals surface area contributed by atoms with Crippen molar-refractivity contribution in [2.24, 2.45) is 0 Å². The fraction of sp³-hybridized carbons (Fsp3) is 0.526. The summed E-state index contributed by atoms with van der Waals surface area (Å²) in [4.78, 5) is 31.2. The van der Waals surface area contributed by atoms with Crippen molar-refractivity contribution in [1.29, 1.82) is 0 Å². The molecule has 0 fully saturated rings. The van der Waals surface area contributed by atoms with Crippen LogP contribution in [0.1, 0.15) is 59.6 Å². The third-order valence-corrected chi connectivity index (χ3v) is 6.42. The van der Waals surface area contributed by atoms with Gasteiger partial charge in [0, 0.05) is 19.5 Å². The van der Waals surface area contributed by atoms with Gasteiger partial charge in [0.15, 0.2) is 0 Å². The normalized spacial score (nSPS) is 16.8. The zero-order valence-electron chi connectivity index (χ0n) is 14.6. The van der Waals surface area contributed by atoms with Crippen molar-refractivity contribution in [3.63, 3.8) is 0 Å². The second-order valence-electron chi connectivity index (χ2n) is 6.94. The maximum absolute atomic E-state index is 12.7. The lowest BCUT2D eigenvalue weighted by molar-refractivity contribution is 0.0957. The molecule has 6 heteroatoms. The summed E-state index contributed by atoms with van der Waals surface area (Å²) >= 11 is 1.35. The minimum absolute atomic E-state index is 0.0117. The molecule has 2 aromatic heterocycles. The summed E-state index contributed by atoms with van der Waals surface area (Å²) in [6.07, 6.45) is 9.92. The van der Waals surface area contributed by atoms with Crippen LogP contribution in [0, 0.1) is 6.92 Å². The van der Waals surface area contributed by atoms with Crippen LogP contribution in [0.25, 0.3) is 10.2 Å². The Morgan fingerprint density at radius 1 is 1.32 bits per heavy atom. The topological polar surface area (TPSA) is 64.0 Å². The quantitative estimate of drug-likeness (QED) is 0.854. The third kappa shape index (κ3) is 3.03. The lowest BCUT2D eigenvalue weighted by Crippen LogP contribution is -2.25. The molecule has 1 N–H and O–H groups in total. The number of nitrogens with zero attached hydrogens (tertiary/aromatic N) is 2. The van der Waals surface area contributed by atoms with Crippen LogP contribution in [-0.4, -0.2) is 22.0 Å². The Kier molecular flexibility index (Phi) is 4.46. The van der Waals surface area contributed by atoms with E-state index < -0.39 is 0 Å². The lowest BCUT2D eigenvalue weighted by atomic mass is 9.97. The largest absolute Gasteiger partial charge is 0.351 e. The first-order valence-electron chi connectivity index (χ1n) is 9.14. The Morgan fingerprint density at radius 3 is 3.00 bits per heavy atom. The molecule has 1 aliphatic carbocycles. The molecule has 3 heterocycles. The van der Waals surface area contributed by atoms with Crippen molar-refractivity contribution in [3.05, 3.63) is 38.3 Å². The van der Waals surface area contributed by atoms with Gasteiger partial charge in [0.2, 0.25) is 0 Å². The van der Waals surface area contributed by atoms with Crippen molar-refractivity contribution >= 4 is 27.5 Å². The Morgan fingerprint density at radius 2 is 2.20 bits per heavy atom. The minimum Gasteiger partial charge on any atom is -0.351 e. The Hall–Kier alpha value is -1.95. The van der Waals surface area contributed by atoms with E-state index in [0.29, 0.717) is 21.6 Å². The van der Waals surface area contributed by atoms with E-state index >= 15 is 0 Å². The lowest BCUT2D eigenvalue weighted by Gasteiger charge is -2.12. The monoisotopic (exact) mass is 357 g/mol. The van der Waals surface area contributed by atoms with Crippen LogP contribution >= 0.6 is 11.3 Å². The van der Waals surface area contributed by atoms with Crippen LogP contribution < -0.4 is 10.9 Å². The Bertz CT molecular complexity index is 923. The number of rotatable bonds is 4. The molecule has 0 saturated heterocycles. The van der Waals surface area contributed by atoms with Gasteiger partial charge in [0.25, 0.3) is 11.5 Å². The van der Waals surface area contributed by atoms with Gasteiger partial charge in [0.05, 0.1) is 10.3 Å². The maximum atomic E-state index is 12.7. The number of fused-ring (bicyclic) bond motifs is 2. The number of aromatic nitrogens is 2. The maximum Gasteiger partial charge on any atom is 0.262 e. The number of amides is 1. The van der Waals surface area contributed by atoms with Gasteiger partial charge in [-0.05, 0) is 51.0 Å². The van der Waals surface area contributed by atoms with Gasteiger partial charge in [-0.2, -0.15) is 0 Å². The molecular weight excluding hydrogens is 334 g/mol. The number of thiophene rings is 1. The van der Waals surface area contributed by atoms with E-state index in [2.05, 4.69) is 16.4 Å². The summed E-state index contributed by atoms with van der Waals surface area (Å²) in [5.41, 5.74) is 2.24. The molecule has 5 nitrogen and oxygen atoms in total. The van der Waals surface area contributed by atoms with E-state index in [4.69, 9.17) is 0 Å². The van der Waals surface area contributed by atoms with Crippen molar-refractivity contribution in [3.8, 4) is 0 Å². The molecule has 1 amide bonds. The molecule has 0 aromatic carbocycles. The second-order valence-corrected chi connectivity index (χ2v) is 7.94. The molecule has 0 radical (unpaired) electrons. The number of nitrogens with one attached hydrogen (secondary N) is 1. The van der Waals surface area contributed by atoms with Crippen LogP contribution in [0.5, 0.6) is 0 Å². The van der Waals surface area contributed by atoms with Crippen LogP contribution in [0.3, 0.4) is 0 Å². The van der Waals surface area contributed by atoms with E-state index in [-0.39, 0.29) is 11.5 Å². The SMILES string of the molecule is Cc1c(C(=O)NCCC2=CCCCC2)sc2nc3n(c(=O)c12)CCC3. The highest BCUT2D eigenvalue weighted by atomic mass is 32.1. The van der Waals surface area contributed by atoms with E-state index in [0.717, 1.165) is 43.6 Å². The first-order valence-corrected chi connectivity index (χ1v) is 9.95. The minimum atomic E-state index is -0.0820. The summed E-state index contributed by atoms with van der Waals surface area (Å²) < 4.78 is 1.76. The van der Waals surface area contributed by atoms with Gasteiger partial charge in [-0.3, -0.25) is 14.2 Å². The van der Waals surface area contributed by atoms with E-state index in [1.807, 2.05) is 6.92 Å². The number of hydrogen-bond donors (Lipinski definition) is 1. The molecular formula is C19H23N3O2S. The van der Waals surface area contributed by atoms with E-state index in [1.165, 1.54) is 36.2 Å². The number of allylic oxidation sites excluding steroid dienone is 1. The molecule has 0 unspecified atom stereocenters. The predicted octanol–water partition coefficient (Wildman–Crippen LogP) is 3.33. The standard InChI is InChI=1S/C19H23N3O2S/c1-12-15-18(21-14-8-5-11-22(14)19(15)24)25-16(12)17(23)20-10-9-13-6-3-2-4-7-13/h6H,2-5,7-11H2,1H3,(H,20,23). The number of carbonyl (C=O) groups is 1. The fourth-order valence-electron chi connectivity index (χ4n) is 3.84. The fourth-order valence-corrected chi connectivity index (χ4v) is 4.95. The molecule has 25 heavy (non-hydrogen) atoms. The van der Waals surface area contributed by atoms with Gasteiger partial charge >= 0.3 is 0 Å². The molecule has 0 atom stereocenters. The molecule has 0 saturated carbocycles.